The van der Waals surface area contributed by atoms with Gasteiger partial charge in [0.1, 0.15) is 10.8 Å². The highest BCUT2D eigenvalue weighted by Gasteiger charge is 2.05. The number of nitrogens with zero attached hydrogens (tertiary/aromatic N) is 2. The van der Waals surface area contributed by atoms with Crippen molar-refractivity contribution in [1.29, 1.82) is 0 Å². The number of thiazole rings is 1. The molecule has 16 heavy (non-hydrogen) atoms. The Bertz CT molecular complexity index is 455. The van der Waals surface area contributed by atoms with Crippen LogP contribution in [0.1, 0.15) is 12.1 Å². The predicted molar refractivity (Wildman–Crippen MR) is 64.3 cm³/mol. The van der Waals surface area contributed by atoms with Crippen molar-refractivity contribution in [3.05, 3.63) is 35.2 Å². The summed E-state index contributed by atoms with van der Waals surface area (Å²) in [5.41, 5.74) is 1.73. The van der Waals surface area contributed by atoms with Gasteiger partial charge in [-0.05, 0) is 25.0 Å². The normalized spacial score (nSPS) is 10.6. The summed E-state index contributed by atoms with van der Waals surface area (Å²) < 4.78 is 12.7. The van der Waals surface area contributed by atoms with E-state index in [4.69, 9.17) is 11.6 Å². The number of alkyl halides is 1. The van der Waals surface area contributed by atoms with Gasteiger partial charge in [0.15, 0.2) is 0 Å². The summed E-state index contributed by atoms with van der Waals surface area (Å²) >= 11 is 7.13. The van der Waals surface area contributed by atoms with Crippen LogP contribution in [-0.4, -0.2) is 15.8 Å². The molecular weight excluding hydrogens is 247 g/mol. The summed E-state index contributed by atoms with van der Waals surface area (Å²) in [6.45, 7) is 0. The Morgan fingerprint density at radius 2 is 2.25 bits per heavy atom. The van der Waals surface area contributed by atoms with Crippen LogP contribution in [0.25, 0.3) is 10.7 Å². The van der Waals surface area contributed by atoms with Gasteiger partial charge in [-0.15, -0.1) is 22.9 Å². The molecule has 0 aliphatic heterocycles. The fourth-order valence-electron chi connectivity index (χ4n) is 1.29. The van der Waals surface area contributed by atoms with Crippen molar-refractivity contribution < 1.29 is 4.39 Å². The maximum atomic E-state index is 12.7. The van der Waals surface area contributed by atoms with Crippen LogP contribution in [0.15, 0.2) is 23.7 Å². The van der Waals surface area contributed by atoms with Gasteiger partial charge in [0.25, 0.3) is 0 Å². The smallest absolute Gasteiger partial charge is 0.142 e. The molecule has 2 aromatic heterocycles. The molecule has 2 nitrogen and oxygen atoms in total. The highest BCUT2D eigenvalue weighted by Crippen LogP contribution is 2.22. The van der Waals surface area contributed by atoms with E-state index in [2.05, 4.69) is 9.97 Å². The van der Waals surface area contributed by atoms with Gasteiger partial charge in [0, 0.05) is 11.3 Å². The van der Waals surface area contributed by atoms with Gasteiger partial charge in [0.05, 0.1) is 17.6 Å². The summed E-state index contributed by atoms with van der Waals surface area (Å²) in [7, 11) is 0. The van der Waals surface area contributed by atoms with Crippen LogP contribution in [-0.2, 0) is 6.42 Å². The first-order chi connectivity index (χ1) is 7.79. The maximum absolute atomic E-state index is 12.7. The number of rotatable bonds is 4. The largest absolute Gasteiger partial charge is 0.251 e. The van der Waals surface area contributed by atoms with Crippen molar-refractivity contribution in [2.24, 2.45) is 0 Å². The molecule has 0 aromatic carbocycles. The lowest BCUT2D eigenvalue weighted by Gasteiger charge is -1.94. The zero-order chi connectivity index (χ0) is 11.4. The molecule has 2 heterocycles. The summed E-state index contributed by atoms with van der Waals surface area (Å²) in [4.78, 5) is 8.41. The number of hydrogen-bond donors (Lipinski definition) is 0. The molecule has 2 rings (SSSR count). The lowest BCUT2D eigenvalue weighted by molar-refractivity contribution is 0.622. The monoisotopic (exact) mass is 256 g/mol. The third-order valence-corrected chi connectivity index (χ3v) is 3.25. The summed E-state index contributed by atoms with van der Waals surface area (Å²) in [6.07, 6.45) is 3.00. The Morgan fingerprint density at radius 3 is 2.94 bits per heavy atom. The summed E-state index contributed by atoms with van der Waals surface area (Å²) in [5.74, 6) is 0.310. The molecule has 0 saturated heterocycles. The number of aryl methyl sites for hydroxylation is 1. The quantitative estimate of drug-likeness (QED) is 0.783. The molecule has 0 aliphatic carbocycles. The van der Waals surface area contributed by atoms with Crippen molar-refractivity contribution in [2.75, 3.05) is 5.88 Å². The Hall–Kier alpha value is -1.00. The van der Waals surface area contributed by atoms with Crippen molar-refractivity contribution in [3.8, 4) is 10.7 Å². The Labute approximate surface area is 102 Å². The van der Waals surface area contributed by atoms with Crippen LogP contribution in [0.2, 0.25) is 0 Å². The molecule has 0 amide bonds. The van der Waals surface area contributed by atoms with E-state index in [0.717, 1.165) is 23.5 Å². The van der Waals surface area contributed by atoms with Crippen molar-refractivity contribution in [2.45, 2.75) is 12.8 Å². The predicted octanol–water partition coefficient (Wildman–Crippen LogP) is 3.52. The number of aromatic nitrogens is 2. The van der Waals surface area contributed by atoms with Crippen LogP contribution in [0, 0.1) is 5.82 Å². The summed E-state index contributed by atoms with van der Waals surface area (Å²) in [5, 5.41) is 2.82. The van der Waals surface area contributed by atoms with Crippen LogP contribution < -0.4 is 0 Å². The maximum Gasteiger partial charge on any atom is 0.142 e. The standard InChI is InChI=1S/C11H10ClFN2S/c12-5-1-2-9-7-16-11(15-9)10-4-3-8(13)6-14-10/h3-4,6-7H,1-2,5H2. The van der Waals surface area contributed by atoms with Gasteiger partial charge in [-0.1, -0.05) is 0 Å². The minimum absolute atomic E-state index is 0.331. The molecule has 0 spiro atoms. The Kier molecular flexibility index (Phi) is 3.85. The summed E-state index contributed by atoms with van der Waals surface area (Å²) in [6, 6.07) is 3.03. The van der Waals surface area contributed by atoms with Crippen LogP contribution in [0.3, 0.4) is 0 Å². The average molecular weight is 257 g/mol. The first kappa shape index (κ1) is 11.5. The van der Waals surface area contributed by atoms with E-state index in [0.29, 0.717) is 11.6 Å². The molecule has 0 unspecified atom stereocenters. The van der Waals surface area contributed by atoms with Crippen LogP contribution in [0.5, 0.6) is 0 Å². The zero-order valence-electron chi connectivity index (χ0n) is 8.49. The number of halogens is 2. The Balaban J connectivity index is 2.15. The minimum atomic E-state index is -0.331. The van der Waals surface area contributed by atoms with Crippen LogP contribution in [0.4, 0.5) is 4.39 Å². The van der Waals surface area contributed by atoms with Gasteiger partial charge in [0.2, 0.25) is 0 Å². The van der Waals surface area contributed by atoms with E-state index in [-0.39, 0.29) is 5.82 Å². The lowest BCUT2D eigenvalue weighted by Crippen LogP contribution is -1.88. The van der Waals surface area contributed by atoms with E-state index in [9.17, 15) is 4.39 Å². The van der Waals surface area contributed by atoms with E-state index in [1.54, 1.807) is 6.07 Å². The molecule has 5 heteroatoms. The third kappa shape index (κ3) is 2.77. The zero-order valence-corrected chi connectivity index (χ0v) is 10.1. The fourth-order valence-corrected chi connectivity index (χ4v) is 2.25. The second-order valence-corrected chi connectivity index (χ2v) is 4.53. The molecule has 0 radical (unpaired) electrons. The second-order valence-electron chi connectivity index (χ2n) is 3.30. The first-order valence-corrected chi connectivity index (χ1v) is 6.33. The lowest BCUT2D eigenvalue weighted by atomic mass is 10.3. The van der Waals surface area contributed by atoms with E-state index in [1.807, 2.05) is 5.38 Å². The molecule has 2 aromatic rings. The SMILES string of the molecule is Fc1ccc(-c2nc(CCCCl)cs2)nc1. The van der Waals surface area contributed by atoms with Crippen molar-refractivity contribution in [3.63, 3.8) is 0 Å². The van der Waals surface area contributed by atoms with Gasteiger partial charge in [-0.2, -0.15) is 0 Å². The molecule has 0 N–H and O–H groups in total. The molecular formula is C11H10ClFN2S. The van der Waals surface area contributed by atoms with Gasteiger partial charge < -0.3 is 0 Å². The number of hydrogen-bond acceptors (Lipinski definition) is 3. The minimum Gasteiger partial charge on any atom is -0.251 e. The molecule has 84 valence electrons. The molecule has 0 atom stereocenters. The van der Waals surface area contributed by atoms with Crippen molar-refractivity contribution in [1.82, 2.24) is 9.97 Å². The number of pyridine rings is 1. The van der Waals surface area contributed by atoms with Gasteiger partial charge >= 0.3 is 0 Å². The molecule has 0 aliphatic rings. The highest BCUT2D eigenvalue weighted by molar-refractivity contribution is 7.13. The average Bonchev–Trinajstić information content (AvgIpc) is 2.76. The van der Waals surface area contributed by atoms with E-state index < -0.39 is 0 Å². The van der Waals surface area contributed by atoms with Gasteiger partial charge in [-0.3, -0.25) is 4.98 Å². The highest BCUT2D eigenvalue weighted by atomic mass is 35.5. The molecule has 0 fully saturated rings. The van der Waals surface area contributed by atoms with Crippen LogP contribution >= 0.6 is 22.9 Å². The third-order valence-electron chi connectivity index (χ3n) is 2.06. The second kappa shape index (κ2) is 5.37. The Morgan fingerprint density at radius 1 is 1.38 bits per heavy atom. The first-order valence-electron chi connectivity index (χ1n) is 4.92. The van der Waals surface area contributed by atoms with E-state index in [1.165, 1.54) is 23.6 Å². The topological polar surface area (TPSA) is 25.8 Å². The molecule has 0 saturated carbocycles. The van der Waals surface area contributed by atoms with E-state index >= 15 is 0 Å². The molecule has 0 bridgehead atoms. The fraction of sp³-hybridized carbons (Fsp3) is 0.273. The van der Waals surface area contributed by atoms with Gasteiger partial charge in [-0.25, -0.2) is 9.37 Å². The van der Waals surface area contributed by atoms with Crippen molar-refractivity contribution >= 4 is 22.9 Å².